The van der Waals surface area contributed by atoms with Crippen LogP contribution in [0, 0.1) is 0 Å². The molecule has 1 heterocycles. The van der Waals surface area contributed by atoms with Gasteiger partial charge in [-0.3, -0.25) is 4.79 Å². The molecule has 0 spiro atoms. The van der Waals surface area contributed by atoms with E-state index in [1.807, 2.05) is 54.6 Å². The van der Waals surface area contributed by atoms with Crippen LogP contribution in [-0.4, -0.2) is 29.1 Å². The number of carbonyl (C=O) groups is 1. The van der Waals surface area contributed by atoms with Crippen molar-refractivity contribution in [3.8, 4) is 0 Å². The van der Waals surface area contributed by atoms with Crippen LogP contribution in [-0.2, 0) is 17.6 Å². The second-order valence-corrected chi connectivity index (χ2v) is 6.86. The van der Waals surface area contributed by atoms with Gasteiger partial charge in [0.15, 0.2) is 0 Å². The van der Waals surface area contributed by atoms with Gasteiger partial charge < -0.3 is 21.5 Å². The third kappa shape index (κ3) is 8.94. The van der Waals surface area contributed by atoms with Gasteiger partial charge in [0.05, 0.1) is 18.2 Å². The standard InChI is InChI=1S/C23H26N4O2.2ClH/c24-22-8-4-7-20(26-22)15-23(29)27-19-11-9-17(10-12-19)13-14-25-16-21(28)18-5-2-1-3-6-18;;/h1-12,21,25,28H,13-16H2,(H2,24,26)(H,27,29);2*1H/t21-;;/m0../s1. The Bertz CT molecular complexity index is 924. The molecule has 0 saturated carbocycles. The number of carbonyl (C=O) groups excluding carboxylic acids is 1. The summed E-state index contributed by atoms with van der Waals surface area (Å²) in [4.78, 5) is 16.3. The van der Waals surface area contributed by atoms with Gasteiger partial charge in [-0.25, -0.2) is 4.98 Å². The fourth-order valence-corrected chi connectivity index (χ4v) is 2.99. The number of nitrogens with two attached hydrogens (primary N) is 1. The summed E-state index contributed by atoms with van der Waals surface area (Å²) in [6, 6.07) is 22.6. The van der Waals surface area contributed by atoms with Gasteiger partial charge in [-0.1, -0.05) is 48.5 Å². The van der Waals surface area contributed by atoms with Gasteiger partial charge in [-0.15, -0.1) is 24.8 Å². The van der Waals surface area contributed by atoms with Crippen LogP contribution in [0.3, 0.4) is 0 Å². The molecule has 0 radical (unpaired) electrons. The summed E-state index contributed by atoms with van der Waals surface area (Å²) in [6.45, 7) is 1.27. The minimum atomic E-state index is -0.511. The summed E-state index contributed by atoms with van der Waals surface area (Å²) in [5, 5.41) is 16.3. The summed E-state index contributed by atoms with van der Waals surface area (Å²) in [5.74, 6) is 0.275. The van der Waals surface area contributed by atoms with Gasteiger partial charge in [0, 0.05) is 12.2 Å². The first-order valence-electron chi connectivity index (χ1n) is 9.64. The Morgan fingerprint density at radius 3 is 2.35 bits per heavy atom. The van der Waals surface area contributed by atoms with Gasteiger partial charge in [-0.2, -0.15) is 0 Å². The highest BCUT2D eigenvalue weighted by atomic mass is 35.5. The number of aliphatic hydroxyl groups excluding tert-OH is 1. The Hall–Kier alpha value is -2.64. The number of anilines is 2. The van der Waals surface area contributed by atoms with Crippen LogP contribution >= 0.6 is 24.8 Å². The molecule has 6 nitrogen and oxygen atoms in total. The van der Waals surface area contributed by atoms with Crippen molar-refractivity contribution in [1.29, 1.82) is 0 Å². The second-order valence-electron chi connectivity index (χ2n) is 6.86. The lowest BCUT2D eigenvalue weighted by atomic mass is 10.1. The Morgan fingerprint density at radius 2 is 1.68 bits per heavy atom. The molecule has 2 aromatic carbocycles. The van der Waals surface area contributed by atoms with Crippen LogP contribution in [0.1, 0.15) is 22.9 Å². The van der Waals surface area contributed by atoms with Gasteiger partial charge in [0.25, 0.3) is 0 Å². The van der Waals surface area contributed by atoms with Crippen molar-refractivity contribution in [3.05, 3.63) is 89.6 Å². The fourth-order valence-electron chi connectivity index (χ4n) is 2.99. The van der Waals surface area contributed by atoms with Crippen molar-refractivity contribution >= 4 is 42.2 Å². The molecular weight excluding hydrogens is 435 g/mol. The summed E-state index contributed by atoms with van der Waals surface area (Å²) in [5.41, 5.74) is 9.09. The van der Waals surface area contributed by atoms with E-state index in [0.717, 1.165) is 29.8 Å². The van der Waals surface area contributed by atoms with Gasteiger partial charge in [-0.05, 0) is 48.4 Å². The van der Waals surface area contributed by atoms with E-state index in [0.29, 0.717) is 18.1 Å². The SMILES string of the molecule is Cl.Cl.Nc1cccc(CC(=O)Nc2ccc(CCNC[C@H](O)c3ccccc3)cc2)n1. The maximum absolute atomic E-state index is 12.1. The van der Waals surface area contributed by atoms with E-state index in [4.69, 9.17) is 5.73 Å². The molecule has 0 bridgehead atoms. The van der Waals surface area contributed by atoms with E-state index in [1.165, 1.54) is 0 Å². The molecule has 1 aromatic heterocycles. The molecule has 166 valence electrons. The number of pyridine rings is 1. The predicted molar refractivity (Wildman–Crippen MR) is 130 cm³/mol. The molecule has 3 aromatic rings. The quantitative estimate of drug-likeness (QED) is 0.364. The lowest BCUT2D eigenvalue weighted by Gasteiger charge is -2.12. The number of rotatable bonds is 9. The van der Waals surface area contributed by atoms with Crippen molar-refractivity contribution in [2.24, 2.45) is 0 Å². The molecule has 5 N–H and O–H groups in total. The molecule has 31 heavy (non-hydrogen) atoms. The molecule has 1 amide bonds. The summed E-state index contributed by atoms with van der Waals surface area (Å²) in [7, 11) is 0. The lowest BCUT2D eigenvalue weighted by molar-refractivity contribution is -0.115. The van der Waals surface area contributed by atoms with Crippen molar-refractivity contribution in [2.75, 3.05) is 24.1 Å². The molecule has 0 unspecified atom stereocenters. The summed E-state index contributed by atoms with van der Waals surface area (Å²) < 4.78 is 0. The smallest absolute Gasteiger partial charge is 0.230 e. The van der Waals surface area contributed by atoms with E-state index in [1.54, 1.807) is 18.2 Å². The number of nitrogen functional groups attached to an aromatic ring is 1. The average molecular weight is 463 g/mol. The number of amides is 1. The summed E-state index contributed by atoms with van der Waals surface area (Å²) >= 11 is 0. The topological polar surface area (TPSA) is 100 Å². The maximum Gasteiger partial charge on any atom is 0.230 e. The number of hydrogen-bond acceptors (Lipinski definition) is 5. The number of benzene rings is 2. The zero-order valence-corrected chi connectivity index (χ0v) is 18.7. The van der Waals surface area contributed by atoms with Crippen LogP contribution in [0.2, 0.25) is 0 Å². The van der Waals surface area contributed by atoms with Crippen LogP contribution < -0.4 is 16.4 Å². The number of aliphatic hydroxyl groups is 1. The maximum atomic E-state index is 12.1. The first-order chi connectivity index (χ1) is 14.1. The molecule has 8 heteroatoms. The summed E-state index contributed by atoms with van der Waals surface area (Å²) in [6.07, 6.45) is 0.506. The number of aromatic nitrogens is 1. The highest BCUT2D eigenvalue weighted by Gasteiger charge is 2.07. The number of hydrogen-bond donors (Lipinski definition) is 4. The second kappa shape index (κ2) is 13.6. The molecular formula is C23H28Cl2N4O2. The van der Waals surface area contributed by atoms with Gasteiger partial charge in [0.1, 0.15) is 5.82 Å². The van der Waals surface area contributed by atoms with E-state index in [9.17, 15) is 9.90 Å². The van der Waals surface area contributed by atoms with Crippen LogP contribution in [0.5, 0.6) is 0 Å². The number of nitrogens with zero attached hydrogens (tertiary/aromatic N) is 1. The third-order valence-electron chi connectivity index (χ3n) is 4.52. The van der Waals surface area contributed by atoms with Gasteiger partial charge >= 0.3 is 0 Å². The van der Waals surface area contributed by atoms with E-state index in [2.05, 4.69) is 15.6 Å². The monoisotopic (exact) mass is 462 g/mol. The van der Waals surface area contributed by atoms with Crippen molar-refractivity contribution in [2.45, 2.75) is 18.9 Å². The molecule has 0 fully saturated rings. The van der Waals surface area contributed by atoms with E-state index in [-0.39, 0.29) is 37.1 Å². The van der Waals surface area contributed by atoms with E-state index >= 15 is 0 Å². The van der Waals surface area contributed by atoms with Crippen LogP contribution in [0.25, 0.3) is 0 Å². The first kappa shape index (κ1) is 26.4. The minimum Gasteiger partial charge on any atom is -0.387 e. The van der Waals surface area contributed by atoms with Crippen LogP contribution in [0.15, 0.2) is 72.8 Å². The first-order valence-corrected chi connectivity index (χ1v) is 9.64. The van der Waals surface area contributed by atoms with Crippen molar-refractivity contribution in [3.63, 3.8) is 0 Å². The molecule has 0 aliphatic heterocycles. The number of nitrogens with one attached hydrogen (secondary N) is 2. The third-order valence-corrected chi connectivity index (χ3v) is 4.52. The molecule has 1 atom stereocenters. The Balaban J connectivity index is 0.00000240. The zero-order chi connectivity index (χ0) is 20.5. The molecule has 3 rings (SSSR count). The highest BCUT2D eigenvalue weighted by molar-refractivity contribution is 5.92. The lowest BCUT2D eigenvalue weighted by Crippen LogP contribution is -2.23. The van der Waals surface area contributed by atoms with Crippen LogP contribution in [0.4, 0.5) is 11.5 Å². The Kier molecular flexibility index (Phi) is 11.6. The normalized spacial score (nSPS) is 11.0. The molecule has 0 aliphatic rings. The average Bonchev–Trinajstić information content (AvgIpc) is 2.73. The highest BCUT2D eigenvalue weighted by Crippen LogP contribution is 2.12. The Morgan fingerprint density at radius 1 is 0.968 bits per heavy atom. The molecule has 0 saturated heterocycles. The minimum absolute atomic E-state index is 0. The van der Waals surface area contributed by atoms with Crippen molar-refractivity contribution < 1.29 is 9.90 Å². The number of halogens is 2. The fraction of sp³-hybridized carbons (Fsp3) is 0.217. The van der Waals surface area contributed by atoms with Gasteiger partial charge in [0.2, 0.25) is 5.91 Å². The van der Waals surface area contributed by atoms with E-state index < -0.39 is 6.10 Å². The molecule has 0 aliphatic carbocycles. The largest absolute Gasteiger partial charge is 0.387 e. The van der Waals surface area contributed by atoms with Crippen molar-refractivity contribution in [1.82, 2.24) is 10.3 Å². The Labute approximate surface area is 195 Å². The predicted octanol–water partition coefficient (Wildman–Crippen LogP) is 3.55. The zero-order valence-electron chi connectivity index (χ0n) is 17.0.